The molecule has 0 bridgehead atoms. The molecule has 5 nitrogen and oxygen atoms in total. The fourth-order valence-corrected chi connectivity index (χ4v) is 0.765. The second kappa shape index (κ2) is 6.94. The highest BCUT2D eigenvalue weighted by Gasteiger charge is 2.05. The van der Waals surface area contributed by atoms with Gasteiger partial charge in [0, 0.05) is 11.8 Å². The number of nitrogens with two attached hydrogens (primary N) is 1. The Morgan fingerprint density at radius 1 is 1.21 bits per heavy atom. The van der Waals surface area contributed by atoms with Gasteiger partial charge in [0.25, 0.3) is 0 Å². The molecule has 0 unspecified atom stereocenters. The smallest absolute Gasteiger partial charge is 0.332 e. The Bertz CT molecular complexity index is 235. The van der Waals surface area contributed by atoms with Crippen molar-refractivity contribution in [3.05, 3.63) is 11.8 Å². The summed E-state index contributed by atoms with van der Waals surface area (Å²) in [4.78, 5) is 21.8. The van der Waals surface area contributed by atoms with Crippen LogP contribution >= 0.6 is 0 Å². The van der Waals surface area contributed by atoms with Gasteiger partial charge < -0.3 is 15.2 Å². The number of esters is 2. The first kappa shape index (κ1) is 12.5. The molecule has 0 aromatic rings. The summed E-state index contributed by atoms with van der Waals surface area (Å²) >= 11 is 0. The van der Waals surface area contributed by atoms with Crippen LogP contribution in [0.1, 0.15) is 20.3 Å². The third kappa shape index (κ3) is 6.05. The molecule has 0 radical (unpaired) electrons. The normalized spacial score (nSPS) is 10.9. The highest BCUT2D eigenvalue weighted by molar-refractivity contribution is 5.84. The van der Waals surface area contributed by atoms with E-state index < -0.39 is 11.9 Å². The van der Waals surface area contributed by atoms with Gasteiger partial charge in [-0.15, -0.1) is 0 Å². The molecule has 0 amide bonds. The number of rotatable bonds is 5. The van der Waals surface area contributed by atoms with E-state index in [9.17, 15) is 9.59 Å². The maximum absolute atomic E-state index is 10.9. The van der Waals surface area contributed by atoms with Crippen molar-refractivity contribution in [3.8, 4) is 0 Å². The van der Waals surface area contributed by atoms with E-state index in [1.807, 2.05) is 0 Å². The quantitative estimate of drug-likeness (QED) is 0.512. The summed E-state index contributed by atoms with van der Waals surface area (Å²) in [5.41, 5.74) is 5.54. The highest BCUT2D eigenvalue weighted by Crippen LogP contribution is 1.96. The Labute approximate surface area is 82.9 Å². The van der Waals surface area contributed by atoms with Gasteiger partial charge in [-0.2, -0.15) is 0 Å². The molecule has 0 saturated heterocycles. The average Bonchev–Trinajstić information content (AvgIpc) is 2.03. The summed E-state index contributed by atoms with van der Waals surface area (Å²) in [5.74, 6) is -1.00. The number of hydrogen-bond donors (Lipinski definition) is 1. The summed E-state index contributed by atoms with van der Waals surface area (Å²) in [6.45, 7) is 3.96. The maximum Gasteiger partial charge on any atom is 0.332 e. The summed E-state index contributed by atoms with van der Waals surface area (Å²) in [6.07, 6.45) is 0.993. The largest absolute Gasteiger partial charge is 0.466 e. The molecule has 0 spiro atoms. The molecule has 0 aromatic heterocycles. The number of ether oxygens (including phenoxy) is 2. The van der Waals surface area contributed by atoms with Gasteiger partial charge in [0.1, 0.15) is 0 Å². The van der Waals surface area contributed by atoms with E-state index in [1.165, 1.54) is 0 Å². The standard InChI is InChI=1S/C9H15NO4/c1-3-13-8(11)5-7(10)6-9(12)14-4-2/h5H,3-4,6,10H2,1-2H3/b7-5+. The Balaban J connectivity index is 3.99. The lowest BCUT2D eigenvalue weighted by Crippen LogP contribution is -2.12. The van der Waals surface area contributed by atoms with E-state index in [1.54, 1.807) is 13.8 Å². The van der Waals surface area contributed by atoms with Crippen LogP contribution in [-0.4, -0.2) is 25.2 Å². The van der Waals surface area contributed by atoms with Crippen LogP contribution in [0.25, 0.3) is 0 Å². The Hall–Kier alpha value is -1.52. The highest BCUT2D eigenvalue weighted by atomic mass is 16.5. The molecule has 0 aliphatic heterocycles. The zero-order chi connectivity index (χ0) is 11.0. The van der Waals surface area contributed by atoms with Crippen LogP contribution < -0.4 is 5.73 Å². The second-order valence-electron chi connectivity index (χ2n) is 2.45. The van der Waals surface area contributed by atoms with E-state index in [2.05, 4.69) is 9.47 Å². The van der Waals surface area contributed by atoms with Crippen LogP contribution in [0.15, 0.2) is 11.8 Å². The van der Waals surface area contributed by atoms with Gasteiger partial charge in [-0.1, -0.05) is 0 Å². The molecular formula is C9H15NO4. The predicted octanol–water partition coefficient (Wildman–Crippen LogP) is 0.345. The summed E-state index contributed by atoms with van der Waals surface area (Å²) < 4.78 is 9.25. The van der Waals surface area contributed by atoms with Crippen LogP contribution in [0.3, 0.4) is 0 Å². The number of hydrogen-bond acceptors (Lipinski definition) is 5. The predicted molar refractivity (Wildman–Crippen MR) is 50.2 cm³/mol. The van der Waals surface area contributed by atoms with Crippen molar-refractivity contribution in [2.24, 2.45) is 5.73 Å². The summed E-state index contributed by atoms with van der Waals surface area (Å²) in [7, 11) is 0. The van der Waals surface area contributed by atoms with Crippen LogP contribution in [-0.2, 0) is 19.1 Å². The van der Waals surface area contributed by atoms with Crippen LogP contribution in [0.5, 0.6) is 0 Å². The minimum absolute atomic E-state index is 0.0906. The number of carbonyl (C=O) groups is 2. The fourth-order valence-electron chi connectivity index (χ4n) is 0.765. The van der Waals surface area contributed by atoms with E-state index in [0.29, 0.717) is 6.61 Å². The first-order valence-corrected chi connectivity index (χ1v) is 4.38. The molecule has 0 saturated carbocycles. The van der Waals surface area contributed by atoms with Crippen LogP contribution in [0.4, 0.5) is 0 Å². The molecule has 0 aliphatic rings. The van der Waals surface area contributed by atoms with Crippen molar-refractivity contribution in [1.82, 2.24) is 0 Å². The third-order valence-electron chi connectivity index (χ3n) is 1.24. The number of carbonyl (C=O) groups excluding carboxylic acids is 2. The molecular weight excluding hydrogens is 186 g/mol. The monoisotopic (exact) mass is 201 g/mol. The van der Waals surface area contributed by atoms with Crippen LogP contribution in [0, 0.1) is 0 Å². The zero-order valence-electron chi connectivity index (χ0n) is 8.41. The SMILES string of the molecule is CCOC(=O)/C=C(/N)CC(=O)OCC. The molecule has 14 heavy (non-hydrogen) atoms. The second-order valence-corrected chi connectivity index (χ2v) is 2.45. The molecule has 0 heterocycles. The van der Waals surface area contributed by atoms with Crippen molar-refractivity contribution in [1.29, 1.82) is 0 Å². The minimum atomic E-state index is -0.547. The molecule has 5 heteroatoms. The maximum atomic E-state index is 10.9. The third-order valence-corrected chi connectivity index (χ3v) is 1.24. The molecule has 80 valence electrons. The van der Waals surface area contributed by atoms with Gasteiger partial charge >= 0.3 is 11.9 Å². The molecule has 0 atom stereocenters. The molecule has 0 rings (SSSR count). The van der Waals surface area contributed by atoms with E-state index >= 15 is 0 Å². The molecule has 0 aromatic carbocycles. The lowest BCUT2D eigenvalue weighted by molar-refractivity contribution is -0.142. The van der Waals surface area contributed by atoms with Gasteiger partial charge in [-0.05, 0) is 13.8 Å². The van der Waals surface area contributed by atoms with Gasteiger partial charge in [-0.25, -0.2) is 4.79 Å². The Morgan fingerprint density at radius 3 is 2.29 bits per heavy atom. The van der Waals surface area contributed by atoms with Gasteiger partial charge in [0.05, 0.1) is 19.6 Å². The van der Waals surface area contributed by atoms with E-state index in [-0.39, 0.29) is 18.7 Å². The fraction of sp³-hybridized carbons (Fsp3) is 0.556. The van der Waals surface area contributed by atoms with Gasteiger partial charge in [-0.3, -0.25) is 4.79 Å². The van der Waals surface area contributed by atoms with Crippen molar-refractivity contribution in [3.63, 3.8) is 0 Å². The van der Waals surface area contributed by atoms with E-state index in [0.717, 1.165) is 6.08 Å². The molecule has 2 N–H and O–H groups in total. The van der Waals surface area contributed by atoms with Crippen molar-refractivity contribution in [2.45, 2.75) is 20.3 Å². The zero-order valence-corrected chi connectivity index (χ0v) is 8.41. The first-order valence-electron chi connectivity index (χ1n) is 4.38. The van der Waals surface area contributed by atoms with Crippen molar-refractivity contribution < 1.29 is 19.1 Å². The molecule has 0 fully saturated rings. The molecule has 0 aliphatic carbocycles. The average molecular weight is 201 g/mol. The van der Waals surface area contributed by atoms with Gasteiger partial charge in [0.15, 0.2) is 0 Å². The van der Waals surface area contributed by atoms with Crippen LogP contribution in [0.2, 0.25) is 0 Å². The Morgan fingerprint density at radius 2 is 1.79 bits per heavy atom. The summed E-state index contributed by atoms with van der Waals surface area (Å²) in [6, 6.07) is 0. The van der Waals surface area contributed by atoms with Gasteiger partial charge in [0.2, 0.25) is 0 Å². The van der Waals surface area contributed by atoms with E-state index in [4.69, 9.17) is 5.73 Å². The minimum Gasteiger partial charge on any atom is -0.466 e. The summed E-state index contributed by atoms with van der Waals surface area (Å²) in [5, 5.41) is 0. The van der Waals surface area contributed by atoms with Crippen molar-refractivity contribution in [2.75, 3.05) is 13.2 Å². The first-order chi connectivity index (χ1) is 6.60. The lowest BCUT2D eigenvalue weighted by Gasteiger charge is -2.01. The topological polar surface area (TPSA) is 78.6 Å². The van der Waals surface area contributed by atoms with Crippen molar-refractivity contribution >= 4 is 11.9 Å². The lowest BCUT2D eigenvalue weighted by atomic mass is 10.3. The Kier molecular flexibility index (Phi) is 6.19.